The van der Waals surface area contributed by atoms with Gasteiger partial charge >= 0.3 is 0 Å². The number of carbonyl (C=O) groups excluding carboxylic acids is 6. The summed E-state index contributed by atoms with van der Waals surface area (Å²) < 4.78 is 0. The maximum atomic E-state index is 13.1. The lowest BCUT2D eigenvalue weighted by Crippen LogP contribution is -2.54. The van der Waals surface area contributed by atoms with Crippen molar-refractivity contribution in [2.45, 2.75) is 57.4 Å². The fourth-order valence-electron chi connectivity index (χ4n) is 7.46. The van der Waals surface area contributed by atoms with Gasteiger partial charge in [0.15, 0.2) is 0 Å². The molecule has 6 amide bonds. The van der Waals surface area contributed by atoms with E-state index in [1.807, 2.05) is 30.3 Å². The SMILES string of the molecule is N#CCNC(=O)c1ccc(-c2ccnc(Nc3ccc(N4CCC(C(=O)NCCCCCC#Cc5ccc6c(c5)C(=O)N(C5CCC(=O)NC5=O)C6=O)CC4)cc3)n2)cc1. The highest BCUT2D eigenvalue weighted by atomic mass is 16.2. The van der Waals surface area contributed by atoms with Crippen LogP contribution in [0.4, 0.5) is 17.3 Å². The zero-order valence-corrected chi connectivity index (χ0v) is 32.8. The van der Waals surface area contributed by atoms with Gasteiger partial charge in [-0.1, -0.05) is 30.4 Å². The lowest BCUT2D eigenvalue weighted by Gasteiger charge is -2.33. The Bertz CT molecular complexity index is 2410. The third kappa shape index (κ3) is 9.65. The maximum absolute atomic E-state index is 13.1. The quantitative estimate of drug-likeness (QED) is 0.0641. The van der Waals surface area contributed by atoms with Crippen molar-refractivity contribution >= 4 is 52.8 Å². The smallest absolute Gasteiger partial charge is 0.262 e. The Morgan fingerprint density at radius 2 is 1.62 bits per heavy atom. The molecule has 4 aromatic rings. The number of imide groups is 2. The maximum Gasteiger partial charge on any atom is 0.262 e. The minimum atomic E-state index is -1.00. The van der Waals surface area contributed by atoms with Crippen molar-refractivity contribution in [1.82, 2.24) is 30.8 Å². The van der Waals surface area contributed by atoms with Crippen LogP contribution in [0.15, 0.2) is 79.0 Å². The summed E-state index contributed by atoms with van der Waals surface area (Å²) in [4.78, 5) is 87.0. The number of benzene rings is 3. The van der Waals surface area contributed by atoms with Gasteiger partial charge in [-0.3, -0.25) is 39.0 Å². The first kappa shape index (κ1) is 40.8. The van der Waals surface area contributed by atoms with E-state index in [4.69, 9.17) is 5.26 Å². The third-order valence-electron chi connectivity index (χ3n) is 10.7. The lowest BCUT2D eigenvalue weighted by molar-refractivity contribution is -0.136. The molecule has 0 saturated carbocycles. The van der Waals surface area contributed by atoms with Crippen molar-refractivity contribution in [3.05, 3.63) is 101 Å². The van der Waals surface area contributed by atoms with E-state index >= 15 is 0 Å². The Morgan fingerprint density at radius 1 is 0.850 bits per heavy atom. The summed E-state index contributed by atoms with van der Waals surface area (Å²) >= 11 is 0. The predicted molar refractivity (Wildman–Crippen MR) is 222 cm³/mol. The molecule has 0 spiro atoms. The van der Waals surface area contributed by atoms with Gasteiger partial charge in [0.2, 0.25) is 23.7 Å². The zero-order chi connectivity index (χ0) is 42.0. The minimum Gasteiger partial charge on any atom is -0.371 e. The average Bonchev–Trinajstić information content (AvgIpc) is 3.51. The molecule has 4 heterocycles. The summed E-state index contributed by atoms with van der Waals surface area (Å²) in [5.74, 6) is 4.22. The largest absolute Gasteiger partial charge is 0.371 e. The van der Waals surface area contributed by atoms with Crippen LogP contribution in [0, 0.1) is 29.1 Å². The van der Waals surface area contributed by atoms with Gasteiger partial charge in [-0.15, -0.1) is 0 Å². The normalized spacial score (nSPS) is 16.3. The fourth-order valence-corrected chi connectivity index (χ4v) is 7.46. The molecule has 1 aromatic heterocycles. The first-order valence-electron chi connectivity index (χ1n) is 20.0. The zero-order valence-electron chi connectivity index (χ0n) is 32.8. The standard InChI is InChI=1S/C45H43N9O6/c46-22-25-48-40(56)31-10-8-30(9-11-31)37-19-24-49-45(51-37)50-33-12-14-34(15-13-33)53-26-20-32(21-27-53)41(57)47-23-5-3-1-2-4-6-29-7-16-35-36(28-29)44(60)54(43(35)59)38-17-18-39(55)52-42(38)58/h7-16,19,24,28,32,38H,1-3,5,17-18,20-21,23,25-27H2,(H,47,57)(H,48,56)(H,49,50,51)(H,52,55,58). The molecule has 304 valence electrons. The fraction of sp³-hybridized carbons (Fsp3) is 0.311. The molecule has 2 saturated heterocycles. The highest BCUT2D eigenvalue weighted by Crippen LogP contribution is 2.29. The number of carbonyl (C=O) groups is 6. The van der Waals surface area contributed by atoms with E-state index in [0.29, 0.717) is 35.7 Å². The van der Waals surface area contributed by atoms with Crippen molar-refractivity contribution in [2.75, 3.05) is 36.4 Å². The molecule has 0 aliphatic carbocycles. The number of nitrogens with one attached hydrogen (secondary N) is 4. The number of piperidine rings is 2. The second kappa shape index (κ2) is 18.9. The minimum absolute atomic E-state index is 0.0278. The number of amides is 6. The molecule has 1 unspecified atom stereocenters. The molecule has 4 N–H and O–H groups in total. The van der Waals surface area contributed by atoms with Crippen LogP contribution in [-0.2, 0) is 14.4 Å². The Kier molecular flexibility index (Phi) is 12.9. The van der Waals surface area contributed by atoms with Gasteiger partial charge in [0, 0.05) is 72.7 Å². The number of anilines is 3. The average molecular weight is 806 g/mol. The first-order chi connectivity index (χ1) is 29.2. The molecule has 15 heteroatoms. The number of hydrogen-bond acceptors (Lipinski definition) is 11. The molecule has 3 aliphatic heterocycles. The van der Waals surface area contributed by atoms with E-state index in [0.717, 1.165) is 67.0 Å². The summed E-state index contributed by atoms with van der Waals surface area (Å²) in [5.41, 5.74) is 4.92. The van der Waals surface area contributed by atoms with E-state index in [2.05, 4.69) is 48.0 Å². The molecule has 1 atom stereocenters. The highest BCUT2D eigenvalue weighted by Gasteiger charge is 2.44. The summed E-state index contributed by atoms with van der Waals surface area (Å²) in [7, 11) is 0. The van der Waals surface area contributed by atoms with E-state index in [9.17, 15) is 28.8 Å². The molecule has 0 bridgehead atoms. The van der Waals surface area contributed by atoms with Crippen LogP contribution in [0.1, 0.15) is 88.0 Å². The van der Waals surface area contributed by atoms with Crippen molar-refractivity contribution in [3.8, 4) is 29.2 Å². The van der Waals surface area contributed by atoms with Crippen LogP contribution < -0.4 is 26.2 Å². The number of unbranched alkanes of at least 4 members (excludes halogenated alkanes) is 3. The van der Waals surface area contributed by atoms with E-state index in [-0.39, 0.29) is 48.2 Å². The molecule has 7 rings (SSSR count). The van der Waals surface area contributed by atoms with Crippen molar-refractivity contribution in [3.63, 3.8) is 0 Å². The second-order valence-corrected chi connectivity index (χ2v) is 14.7. The van der Waals surface area contributed by atoms with Crippen LogP contribution in [0.25, 0.3) is 11.3 Å². The monoisotopic (exact) mass is 805 g/mol. The number of aromatic nitrogens is 2. The molecule has 2 fully saturated rings. The van der Waals surface area contributed by atoms with Gasteiger partial charge in [-0.2, -0.15) is 5.26 Å². The second-order valence-electron chi connectivity index (χ2n) is 14.7. The molecule has 3 aromatic carbocycles. The van der Waals surface area contributed by atoms with Crippen LogP contribution in [0.5, 0.6) is 0 Å². The van der Waals surface area contributed by atoms with Crippen LogP contribution in [0.2, 0.25) is 0 Å². The lowest BCUT2D eigenvalue weighted by atomic mass is 9.95. The van der Waals surface area contributed by atoms with E-state index < -0.39 is 29.7 Å². The molecule has 3 aliphatic rings. The number of fused-ring (bicyclic) bond motifs is 1. The van der Waals surface area contributed by atoms with Gasteiger partial charge in [0.25, 0.3) is 17.7 Å². The van der Waals surface area contributed by atoms with Gasteiger partial charge in [0.1, 0.15) is 12.6 Å². The van der Waals surface area contributed by atoms with Gasteiger partial charge in [0.05, 0.1) is 22.9 Å². The van der Waals surface area contributed by atoms with Crippen molar-refractivity contribution in [2.24, 2.45) is 5.92 Å². The summed E-state index contributed by atoms with van der Waals surface area (Å²) in [6, 6.07) is 22.5. The number of nitrogens with zero attached hydrogens (tertiary/aromatic N) is 5. The third-order valence-corrected chi connectivity index (χ3v) is 10.7. The molecule has 15 nitrogen and oxygen atoms in total. The Hall–Kier alpha value is -7.39. The Balaban J connectivity index is 0.789. The van der Waals surface area contributed by atoms with Gasteiger partial charge < -0.3 is 20.9 Å². The van der Waals surface area contributed by atoms with Gasteiger partial charge in [-0.25, -0.2) is 9.97 Å². The van der Waals surface area contributed by atoms with Crippen LogP contribution in [0.3, 0.4) is 0 Å². The van der Waals surface area contributed by atoms with E-state index in [1.165, 1.54) is 0 Å². The predicted octanol–water partition coefficient (Wildman–Crippen LogP) is 4.49. The van der Waals surface area contributed by atoms with Gasteiger partial charge in [-0.05, 0) is 92.8 Å². The molecule has 0 radical (unpaired) electrons. The highest BCUT2D eigenvalue weighted by molar-refractivity contribution is 6.23. The molecule has 60 heavy (non-hydrogen) atoms. The molecular formula is C45H43N9O6. The van der Waals surface area contributed by atoms with Crippen molar-refractivity contribution in [1.29, 1.82) is 5.26 Å². The number of hydrogen-bond donors (Lipinski definition) is 4. The van der Waals surface area contributed by atoms with Crippen molar-refractivity contribution < 1.29 is 28.8 Å². The van der Waals surface area contributed by atoms with Crippen LogP contribution >= 0.6 is 0 Å². The Morgan fingerprint density at radius 3 is 2.37 bits per heavy atom. The summed E-state index contributed by atoms with van der Waals surface area (Å²) in [6.45, 7) is 2.11. The summed E-state index contributed by atoms with van der Waals surface area (Å²) in [6.07, 6.45) is 6.61. The Labute approximate surface area is 346 Å². The van der Waals surface area contributed by atoms with E-state index in [1.54, 1.807) is 54.7 Å². The first-order valence-corrected chi connectivity index (χ1v) is 20.0. The summed E-state index contributed by atoms with van der Waals surface area (Å²) in [5, 5.41) is 19.8. The number of rotatable bonds is 13. The number of nitriles is 1. The van der Waals surface area contributed by atoms with Crippen LogP contribution in [-0.4, -0.2) is 82.5 Å². The molecular weight excluding hydrogens is 763 g/mol. The topological polar surface area (TPSA) is 207 Å².